The van der Waals surface area contributed by atoms with Crippen LogP contribution in [0.2, 0.25) is 0 Å². The molecule has 0 saturated carbocycles. The zero-order chi connectivity index (χ0) is 36.7. The molecule has 0 spiro atoms. The van der Waals surface area contributed by atoms with Crippen molar-refractivity contribution >= 4 is 35.6 Å². The van der Waals surface area contributed by atoms with Crippen LogP contribution >= 0.6 is 11.8 Å². The summed E-state index contributed by atoms with van der Waals surface area (Å²) in [6.45, 7) is 4.16. The van der Waals surface area contributed by atoms with Gasteiger partial charge in [-0.1, -0.05) is 6.07 Å². The predicted octanol–water partition coefficient (Wildman–Crippen LogP) is 3.05. The highest BCUT2D eigenvalue weighted by molar-refractivity contribution is 7.98. The van der Waals surface area contributed by atoms with E-state index >= 15 is 0 Å². The Morgan fingerprint density at radius 2 is 1.50 bits per heavy atom. The number of hydrogen-bond acceptors (Lipinski definition) is 16. The van der Waals surface area contributed by atoms with E-state index in [-0.39, 0.29) is 5.43 Å². The summed E-state index contributed by atoms with van der Waals surface area (Å²) in [5.74, 6) is -1.74. The molecule has 2 aromatic carbocycles. The fourth-order valence-electron chi connectivity index (χ4n) is 6.01. The molecule has 1 aliphatic carbocycles. The summed E-state index contributed by atoms with van der Waals surface area (Å²) in [5.41, 5.74) is 5.53. The smallest absolute Gasteiger partial charge is 0.305 e. The molecule has 0 unspecified atom stereocenters. The number of methoxy groups -OCH3 is 3. The van der Waals surface area contributed by atoms with E-state index in [1.165, 1.54) is 46.1 Å². The molecule has 0 radical (unpaired) electrons. The number of hydroxylamine groups is 1. The maximum Gasteiger partial charge on any atom is 0.305 e. The lowest BCUT2D eigenvalue weighted by atomic mass is 9.95. The number of benzene rings is 1. The summed E-state index contributed by atoms with van der Waals surface area (Å²) in [7, 11) is 4.54. The number of carbonyl (C=O) groups is 4. The quantitative estimate of drug-likeness (QED) is 0.146. The summed E-state index contributed by atoms with van der Waals surface area (Å²) < 4.78 is 44.7. The number of nitrogens with one attached hydrogen (secondary N) is 1. The predicted molar refractivity (Wildman–Crippen MR) is 177 cm³/mol. The van der Waals surface area contributed by atoms with Crippen molar-refractivity contribution in [3.05, 3.63) is 45.6 Å². The zero-order valence-electron chi connectivity index (χ0n) is 29.0. The molecule has 1 saturated heterocycles. The largest absolute Gasteiger partial charge is 0.493 e. The molecule has 6 atom stereocenters. The summed E-state index contributed by atoms with van der Waals surface area (Å²) in [6, 6.07) is 6.24. The molecule has 1 fully saturated rings. The van der Waals surface area contributed by atoms with Gasteiger partial charge in [0.05, 0.1) is 32.3 Å². The second-order valence-corrected chi connectivity index (χ2v) is 12.2. The lowest BCUT2D eigenvalue weighted by molar-refractivity contribution is -0.312. The Bertz CT molecular complexity index is 1670. The van der Waals surface area contributed by atoms with E-state index in [1.807, 2.05) is 12.1 Å². The topological polar surface area (TPSA) is 180 Å². The molecule has 16 heteroatoms. The Balaban J connectivity index is 1.84. The van der Waals surface area contributed by atoms with Crippen LogP contribution in [-0.2, 0) is 54.1 Å². The Kier molecular flexibility index (Phi) is 13.1. The molecule has 4 rings (SSSR count). The normalized spacial score (nSPS) is 22.5. The van der Waals surface area contributed by atoms with Crippen LogP contribution < -0.4 is 25.1 Å². The Labute approximate surface area is 293 Å². The molecule has 1 heterocycles. The minimum Gasteiger partial charge on any atom is -0.493 e. The Morgan fingerprint density at radius 3 is 2.08 bits per heavy atom. The first-order valence-corrected chi connectivity index (χ1v) is 16.8. The van der Waals surface area contributed by atoms with E-state index in [9.17, 15) is 24.0 Å². The first-order valence-electron chi connectivity index (χ1n) is 15.6. The van der Waals surface area contributed by atoms with Gasteiger partial charge in [0.1, 0.15) is 18.8 Å². The average Bonchev–Trinajstić information content (AvgIpc) is 3.30. The number of carbonyl (C=O) groups excluding carboxylic acids is 4. The van der Waals surface area contributed by atoms with Gasteiger partial charge >= 0.3 is 23.9 Å². The molecular weight excluding hydrogens is 678 g/mol. The van der Waals surface area contributed by atoms with E-state index < -0.39 is 67.2 Å². The van der Waals surface area contributed by atoms with Gasteiger partial charge in [-0.15, -0.1) is 11.8 Å². The van der Waals surface area contributed by atoms with Crippen LogP contribution in [-0.4, -0.2) is 88.8 Å². The van der Waals surface area contributed by atoms with E-state index in [2.05, 4.69) is 5.48 Å². The number of thioether (sulfide) groups is 1. The monoisotopic (exact) mass is 719 g/mol. The molecule has 272 valence electrons. The van der Waals surface area contributed by atoms with Crippen molar-refractivity contribution in [3.63, 3.8) is 0 Å². The summed E-state index contributed by atoms with van der Waals surface area (Å²) >= 11 is 1.29. The minimum atomic E-state index is -1.54. The molecule has 1 aliphatic heterocycles. The number of esters is 4. The van der Waals surface area contributed by atoms with Gasteiger partial charge in [0.2, 0.25) is 18.1 Å². The summed E-state index contributed by atoms with van der Waals surface area (Å²) in [5, 5.41) is 0. The summed E-state index contributed by atoms with van der Waals surface area (Å²) in [6.07, 6.45) is -4.30. The van der Waals surface area contributed by atoms with Crippen molar-refractivity contribution in [3.8, 4) is 28.4 Å². The Hall–Kier alpha value is -4.38. The van der Waals surface area contributed by atoms with Crippen LogP contribution in [0.3, 0.4) is 0 Å². The molecule has 0 amide bonds. The molecule has 15 nitrogen and oxygen atoms in total. The maximum absolute atomic E-state index is 13.4. The highest BCUT2D eigenvalue weighted by atomic mass is 32.2. The van der Waals surface area contributed by atoms with E-state index in [4.69, 9.17) is 42.7 Å². The van der Waals surface area contributed by atoms with Gasteiger partial charge in [0.15, 0.2) is 23.0 Å². The fraction of sp³-hybridized carbons (Fsp3) is 0.500. The van der Waals surface area contributed by atoms with Crippen LogP contribution in [0.5, 0.6) is 17.2 Å². The van der Waals surface area contributed by atoms with Gasteiger partial charge in [0, 0.05) is 33.3 Å². The van der Waals surface area contributed by atoms with Crippen molar-refractivity contribution in [2.75, 3.05) is 34.2 Å². The van der Waals surface area contributed by atoms with Crippen LogP contribution in [0.15, 0.2) is 34.0 Å². The molecule has 50 heavy (non-hydrogen) atoms. The second kappa shape index (κ2) is 17.0. The van der Waals surface area contributed by atoms with Crippen LogP contribution in [0.25, 0.3) is 11.1 Å². The molecule has 1 N–H and O–H groups in total. The van der Waals surface area contributed by atoms with Crippen LogP contribution in [0, 0.1) is 0 Å². The van der Waals surface area contributed by atoms with Gasteiger partial charge in [0.25, 0.3) is 0 Å². The maximum atomic E-state index is 13.4. The number of aryl methyl sites for hydroxylation is 1. The highest BCUT2D eigenvalue weighted by Gasteiger charge is 2.53. The first-order chi connectivity index (χ1) is 23.8. The SMILES string of the molecule is COc1cc2c(c(OC)c1OC)-c1ccc(SC)c(=O)cc1[C@@H](NO[C@H]1[C@H](OC(C)=O)[C@@H](OC(C)=O)[C@H](OC(C)=O)O[C@@H]1COC(C)=O)CC2. The molecule has 2 aliphatic rings. The van der Waals surface area contributed by atoms with Crippen LogP contribution in [0.1, 0.15) is 51.3 Å². The minimum absolute atomic E-state index is 0.237. The number of fused-ring (bicyclic) bond motifs is 3. The fourth-order valence-corrected chi connectivity index (χ4v) is 6.47. The van der Waals surface area contributed by atoms with Crippen LogP contribution in [0.4, 0.5) is 0 Å². The van der Waals surface area contributed by atoms with E-state index in [0.29, 0.717) is 51.7 Å². The number of rotatable bonds is 12. The second-order valence-electron chi connectivity index (χ2n) is 11.4. The van der Waals surface area contributed by atoms with Crippen molar-refractivity contribution in [1.82, 2.24) is 5.48 Å². The number of ether oxygens (including phenoxy) is 8. The van der Waals surface area contributed by atoms with Gasteiger partial charge in [-0.3, -0.25) is 28.8 Å². The highest BCUT2D eigenvalue weighted by Crippen LogP contribution is 2.50. The van der Waals surface area contributed by atoms with Gasteiger partial charge < -0.3 is 37.9 Å². The standard InChI is InChI=1S/C34H41NO14S/c1-16(36)44-15-26-30(32(45-17(2)37)33(46-18(3)38)34(48-26)47-19(4)39)49-35-23-11-9-20-13-25(41-5)29(42-6)31(43-7)28(20)21-10-12-27(50-8)24(40)14-22(21)23/h10,12-14,23,26,30,32-35H,9,11,15H2,1-8H3/t23-,26+,30+,32-,33+,34+/m0/s1. The lowest BCUT2D eigenvalue weighted by Crippen LogP contribution is -2.63. The van der Waals surface area contributed by atoms with Gasteiger partial charge in [-0.25, -0.2) is 0 Å². The summed E-state index contributed by atoms with van der Waals surface area (Å²) in [4.78, 5) is 68.6. The van der Waals surface area contributed by atoms with Crippen molar-refractivity contribution in [2.45, 2.75) is 82.2 Å². The molecule has 0 bridgehead atoms. The third-order valence-corrected chi connectivity index (χ3v) is 8.77. The Morgan fingerprint density at radius 1 is 0.840 bits per heavy atom. The molecule has 2 aromatic rings. The van der Waals surface area contributed by atoms with Gasteiger partial charge in [-0.2, -0.15) is 5.48 Å². The average molecular weight is 720 g/mol. The van der Waals surface area contributed by atoms with Gasteiger partial charge in [-0.05, 0) is 54.0 Å². The third kappa shape index (κ3) is 8.67. The van der Waals surface area contributed by atoms with Crippen molar-refractivity contribution in [2.24, 2.45) is 0 Å². The molecular formula is C34H41NO14S. The van der Waals surface area contributed by atoms with E-state index in [0.717, 1.165) is 26.3 Å². The molecule has 0 aromatic heterocycles. The zero-order valence-corrected chi connectivity index (χ0v) is 29.8. The van der Waals surface area contributed by atoms with Crippen molar-refractivity contribution < 1.29 is 61.9 Å². The van der Waals surface area contributed by atoms with E-state index in [1.54, 1.807) is 12.3 Å². The third-order valence-electron chi connectivity index (χ3n) is 8.00. The number of hydrogen-bond donors (Lipinski definition) is 1. The first kappa shape index (κ1) is 38.4. The van der Waals surface area contributed by atoms with Crippen molar-refractivity contribution in [1.29, 1.82) is 0 Å². The lowest BCUT2D eigenvalue weighted by Gasteiger charge is -2.44.